The van der Waals surface area contributed by atoms with Crippen LogP contribution in [0, 0.1) is 0 Å². The molecular formula is C16H15F3O4. The van der Waals surface area contributed by atoms with Crippen LogP contribution in [-0.4, -0.2) is 29.8 Å². The highest BCUT2D eigenvalue weighted by Gasteiger charge is 2.32. The van der Waals surface area contributed by atoms with Gasteiger partial charge in [-0.2, -0.15) is 0 Å². The van der Waals surface area contributed by atoms with Crippen LogP contribution in [0.1, 0.15) is 6.42 Å². The minimum absolute atomic E-state index is 0.0102. The molecule has 23 heavy (non-hydrogen) atoms. The number of aliphatic hydroxyl groups is 1. The molecule has 7 heteroatoms. The molecule has 2 aromatic carbocycles. The van der Waals surface area contributed by atoms with E-state index in [2.05, 4.69) is 4.74 Å². The molecule has 0 amide bonds. The van der Waals surface area contributed by atoms with Gasteiger partial charge in [-0.3, -0.25) is 0 Å². The molecule has 2 aromatic rings. The minimum atomic E-state index is -4.84. The summed E-state index contributed by atoms with van der Waals surface area (Å²) >= 11 is 0. The van der Waals surface area contributed by atoms with E-state index >= 15 is 0 Å². The predicted octanol–water partition coefficient (Wildman–Crippen LogP) is 3.72. The molecule has 124 valence electrons. The Balaban J connectivity index is 2.34. The molecule has 0 fully saturated rings. The first-order chi connectivity index (χ1) is 10.9. The van der Waals surface area contributed by atoms with Gasteiger partial charge in [-0.25, -0.2) is 0 Å². The molecule has 0 heterocycles. The van der Waals surface area contributed by atoms with Crippen molar-refractivity contribution in [3.8, 4) is 28.4 Å². The van der Waals surface area contributed by atoms with Crippen molar-refractivity contribution in [1.29, 1.82) is 0 Å². The van der Waals surface area contributed by atoms with Gasteiger partial charge in [0.2, 0.25) is 0 Å². The average molecular weight is 328 g/mol. The van der Waals surface area contributed by atoms with Crippen LogP contribution in [0.15, 0.2) is 42.5 Å². The van der Waals surface area contributed by atoms with Gasteiger partial charge in [0, 0.05) is 24.7 Å². The first-order valence-electron chi connectivity index (χ1n) is 6.82. The smallest absolute Gasteiger partial charge is 0.508 e. The highest BCUT2D eigenvalue weighted by Crippen LogP contribution is 2.37. The highest BCUT2D eigenvalue weighted by atomic mass is 19.4. The monoisotopic (exact) mass is 328 g/mol. The van der Waals surface area contributed by atoms with Crippen LogP contribution in [-0.2, 0) is 0 Å². The zero-order valence-electron chi connectivity index (χ0n) is 12.0. The third kappa shape index (κ3) is 5.07. The van der Waals surface area contributed by atoms with Gasteiger partial charge in [0.15, 0.2) is 0 Å². The number of aliphatic hydroxyl groups excluding tert-OH is 1. The highest BCUT2D eigenvalue weighted by molar-refractivity contribution is 5.72. The van der Waals surface area contributed by atoms with Crippen molar-refractivity contribution >= 4 is 0 Å². The van der Waals surface area contributed by atoms with E-state index in [9.17, 15) is 18.3 Å². The maximum Gasteiger partial charge on any atom is 0.573 e. The van der Waals surface area contributed by atoms with Gasteiger partial charge in [-0.1, -0.05) is 12.1 Å². The normalized spacial score (nSPS) is 11.3. The van der Waals surface area contributed by atoms with E-state index in [0.29, 0.717) is 12.0 Å². The molecule has 0 radical (unpaired) electrons. The molecule has 2 N–H and O–H groups in total. The molecule has 0 spiro atoms. The van der Waals surface area contributed by atoms with Gasteiger partial charge >= 0.3 is 6.36 Å². The predicted molar refractivity (Wildman–Crippen MR) is 77.4 cm³/mol. The van der Waals surface area contributed by atoms with Crippen LogP contribution < -0.4 is 9.47 Å². The van der Waals surface area contributed by atoms with Gasteiger partial charge in [-0.15, -0.1) is 13.2 Å². The number of rotatable bonds is 6. The van der Waals surface area contributed by atoms with E-state index < -0.39 is 12.1 Å². The fourth-order valence-electron chi connectivity index (χ4n) is 1.94. The number of ether oxygens (including phenoxy) is 2. The third-order valence-electron chi connectivity index (χ3n) is 2.93. The first-order valence-corrected chi connectivity index (χ1v) is 6.82. The average Bonchev–Trinajstić information content (AvgIpc) is 2.47. The van der Waals surface area contributed by atoms with Crippen LogP contribution in [0.5, 0.6) is 17.2 Å². The lowest BCUT2D eigenvalue weighted by Gasteiger charge is -2.15. The Kier molecular flexibility index (Phi) is 5.33. The summed E-state index contributed by atoms with van der Waals surface area (Å²) in [5.74, 6) is -0.180. The number of hydrogen-bond acceptors (Lipinski definition) is 4. The van der Waals surface area contributed by atoms with Gasteiger partial charge < -0.3 is 19.7 Å². The number of benzene rings is 2. The molecule has 0 aliphatic heterocycles. The van der Waals surface area contributed by atoms with Crippen LogP contribution in [0.4, 0.5) is 13.2 Å². The molecule has 0 aliphatic rings. The van der Waals surface area contributed by atoms with Crippen molar-refractivity contribution in [2.45, 2.75) is 12.8 Å². The maximum atomic E-state index is 12.6. The number of phenolic OH excluding ortho intramolecular Hbond substituents is 1. The molecule has 0 bridgehead atoms. The van der Waals surface area contributed by atoms with E-state index in [1.165, 1.54) is 36.4 Å². The molecule has 4 nitrogen and oxygen atoms in total. The summed E-state index contributed by atoms with van der Waals surface area (Å²) in [4.78, 5) is 0. The first kappa shape index (κ1) is 17.0. The quantitative estimate of drug-likeness (QED) is 0.794. The summed E-state index contributed by atoms with van der Waals surface area (Å²) in [6.07, 6.45) is -4.47. The van der Waals surface area contributed by atoms with E-state index in [0.717, 1.165) is 6.07 Å². The van der Waals surface area contributed by atoms with Crippen LogP contribution >= 0.6 is 0 Å². The zero-order chi connectivity index (χ0) is 16.9. The number of halogens is 3. The van der Waals surface area contributed by atoms with Gasteiger partial charge in [-0.05, 0) is 29.8 Å². The molecule has 2 rings (SSSR count). The van der Waals surface area contributed by atoms with Crippen LogP contribution in [0.25, 0.3) is 11.1 Å². The molecule has 0 aromatic heterocycles. The minimum Gasteiger partial charge on any atom is -0.508 e. The summed E-state index contributed by atoms with van der Waals surface area (Å²) in [7, 11) is 0. The summed E-state index contributed by atoms with van der Waals surface area (Å²) in [6, 6.07) is 9.83. The Morgan fingerprint density at radius 3 is 2.30 bits per heavy atom. The Morgan fingerprint density at radius 2 is 1.70 bits per heavy atom. The second-order valence-corrected chi connectivity index (χ2v) is 4.68. The lowest BCUT2D eigenvalue weighted by molar-refractivity contribution is -0.274. The lowest BCUT2D eigenvalue weighted by atomic mass is 10.0. The molecule has 0 saturated heterocycles. The second kappa shape index (κ2) is 7.23. The Hall–Kier alpha value is -2.41. The fourth-order valence-corrected chi connectivity index (χ4v) is 1.94. The third-order valence-corrected chi connectivity index (χ3v) is 2.93. The summed E-state index contributed by atoms with van der Waals surface area (Å²) in [5.41, 5.74) is 0.681. The summed E-state index contributed by atoms with van der Waals surface area (Å²) in [5, 5.41) is 18.0. The fraction of sp³-hybridized carbons (Fsp3) is 0.250. The Labute approximate surface area is 130 Å². The largest absolute Gasteiger partial charge is 0.573 e. The van der Waals surface area contributed by atoms with Gasteiger partial charge in [0.1, 0.15) is 17.2 Å². The molecule has 0 aliphatic carbocycles. The van der Waals surface area contributed by atoms with Crippen molar-refractivity contribution in [2.75, 3.05) is 13.2 Å². The maximum absolute atomic E-state index is 12.6. The zero-order valence-corrected chi connectivity index (χ0v) is 12.0. The van der Waals surface area contributed by atoms with E-state index in [4.69, 9.17) is 9.84 Å². The van der Waals surface area contributed by atoms with E-state index in [1.54, 1.807) is 0 Å². The Morgan fingerprint density at radius 1 is 1.00 bits per heavy atom. The van der Waals surface area contributed by atoms with Crippen molar-refractivity contribution in [3.05, 3.63) is 42.5 Å². The number of hydrogen-bond donors (Lipinski definition) is 2. The topological polar surface area (TPSA) is 58.9 Å². The second-order valence-electron chi connectivity index (χ2n) is 4.68. The Bertz CT molecular complexity index is 639. The van der Waals surface area contributed by atoms with Gasteiger partial charge in [0.05, 0.1) is 6.61 Å². The number of phenols is 1. The van der Waals surface area contributed by atoms with E-state index in [1.807, 2.05) is 0 Å². The summed E-state index contributed by atoms with van der Waals surface area (Å²) < 4.78 is 47.1. The number of alkyl halides is 3. The van der Waals surface area contributed by atoms with Crippen molar-refractivity contribution in [2.24, 2.45) is 0 Å². The lowest BCUT2D eigenvalue weighted by Crippen LogP contribution is -2.17. The standard InChI is InChI=1S/C16H15F3O4/c17-16(18,19)23-15-10-13(22-9-1-8-20)6-7-14(15)11-2-4-12(21)5-3-11/h2-7,10,20-21H,1,8-9H2. The molecular weight excluding hydrogens is 313 g/mol. The van der Waals surface area contributed by atoms with Crippen molar-refractivity contribution in [1.82, 2.24) is 0 Å². The van der Waals surface area contributed by atoms with Crippen molar-refractivity contribution < 1.29 is 32.9 Å². The molecule has 0 atom stereocenters. The SMILES string of the molecule is OCCCOc1ccc(-c2ccc(O)cc2)c(OC(F)(F)F)c1. The van der Waals surface area contributed by atoms with Crippen LogP contribution in [0.3, 0.4) is 0 Å². The van der Waals surface area contributed by atoms with Gasteiger partial charge in [0.25, 0.3) is 0 Å². The molecule has 0 unspecified atom stereocenters. The number of aromatic hydroxyl groups is 1. The van der Waals surface area contributed by atoms with E-state index in [-0.39, 0.29) is 30.3 Å². The molecule has 0 saturated carbocycles. The summed E-state index contributed by atoms with van der Waals surface area (Å²) in [6.45, 7) is 0.109. The van der Waals surface area contributed by atoms with Crippen LogP contribution in [0.2, 0.25) is 0 Å². The van der Waals surface area contributed by atoms with Crippen molar-refractivity contribution in [3.63, 3.8) is 0 Å².